The SMILES string of the molecule is CCOc1ccc(Nc2nc(C(=O)N3CCN(c4cc(Cl)ccc4C)CC3)cs2)cc1. The Hall–Kier alpha value is -2.77. The van der Waals surface area contributed by atoms with Crippen LogP contribution in [-0.4, -0.2) is 48.6 Å². The summed E-state index contributed by atoms with van der Waals surface area (Å²) in [7, 11) is 0. The highest BCUT2D eigenvalue weighted by Gasteiger charge is 2.24. The number of benzene rings is 2. The molecule has 1 amide bonds. The van der Waals surface area contributed by atoms with Gasteiger partial charge in [-0.15, -0.1) is 11.3 Å². The Bertz CT molecular complexity index is 1050. The molecule has 0 saturated carbocycles. The number of rotatable bonds is 6. The van der Waals surface area contributed by atoms with Crippen LogP contribution in [0.1, 0.15) is 23.0 Å². The van der Waals surface area contributed by atoms with Crippen molar-refractivity contribution in [1.82, 2.24) is 9.88 Å². The monoisotopic (exact) mass is 456 g/mol. The van der Waals surface area contributed by atoms with Crippen LogP contribution in [0.4, 0.5) is 16.5 Å². The van der Waals surface area contributed by atoms with Crippen molar-refractivity contribution < 1.29 is 9.53 Å². The molecule has 1 saturated heterocycles. The highest BCUT2D eigenvalue weighted by molar-refractivity contribution is 7.14. The molecule has 31 heavy (non-hydrogen) atoms. The molecule has 162 valence electrons. The van der Waals surface area contributed by atoms with Gasteiger partial charge < -0.3 is 19.9 Å². The molecule has 0 radical (unpaired) electrons. The number of amides is 1. The summed E-state index contributed by atoms with van der Waals surface area (Å²) in [5, 5.41) is 6.49. The third-order valence-electron chi connectivity index (χ3n) is 5.22. The molecule has 6 nitrogen and oxygen atoms in total. The molecule has 4 rings (SSSR count). The predicted octanol–water partition coefficient (Wildman–Crippen LogP) is 5.21. The molecule has 3 aromatic rings. The van der Waals surface area contributed by atoms with Crippen molar-refractivity contribution in [3.8, 4) is 5.75 Å². The molecule has 0 bridgehead atoms. The predicted molar refractivity (Wildman–Crippen MR) is 127 cm³/mol. The quantitative estimate of drug-likeness (QED) is 0.551. The molecule has 0 aliphatic carbocycles. The van der Waals surface area contributed by atoms with E-state index in [-0.39, 0.29) is 5.91 Å². The van der Waals surface area contributed by atoms with Crippen LogP contribution >= 0.6 is 22.9 Å². The smallest absolute Gasteiger partial charge is 0.273 e. The standard InChI is InChI=1S/C23H25ClN4O2S/c1-3-30-19-8-6-18(7-9-19)25-23-26-20(15-31-23)22(29)28-12-10-27(11-13-28)21-14-17(24)5-4-16(21)2/h4-9,14-15H,3,10-13H2,1-2H3,(H,25,26). The lowest BCUT2D eigenvalue weighted by Gasteiger charge is -2.36. The molecule has 1 aliphatic rings. The Morgan fingerprint density at radius 3 is 2.61 bits per heavy atom. The fraction of sp³-hybridized carbons (Fsp3) is 0.304. The molecule has 1 N–H and O–H groups in total. The number of anilines is 3. The van der Waals surface area contributed by atoms with Crippen molar-refractivity contribution >= 4 is 45.4 Å². The average Bonchev–Trinajstić information content (AvgIpc) is 3.25. The molecule has 0 unspecified atom stereocenters. The van der Waals surface area contributed by atoms with Crippen LogP contribution in [0.15, 0.2) is 47.8 Å². The van der Waals surface area contributed by atoms with Crippen LogP contribution < -0.4 is 15.0 Å². The maximum Gasteiger partial charge on any atom is 0.273 e. The van der Waals surface area contributed by atoms with E-state index in [4.69, 9.17) is 16.3 Å². The van der Waals surface area contributed by atoms with E-state index in [2.05, 4.69) is 22.1 Å². The van der Waals surface area contributed by atoms with Crippen molar-refractivity contribution in [2.45, 2.75) is 13.8 Å². The van der Waals surface area contributed by atoms with E-state index in [1.165, 1.54) is 16.9 Å². The van der Waals surface area contributed by atoms with E-state index in [0.29, 0.717) is 30.5 Å². The lowest BCUT2D eigenvalue weighted by molar-refractivity contribution is 0.0742. The molecule has 2 heterocycles. The summed E-state index contributed by atoms with van der Waals surface area (Å²) in [5.74, 6) is 0.800. The molecule has 1 aliphatic heterocycles. The van der Waals surface area contributed by atoms with Gasteiger partial charge in [0.15, 0.2) is 5.13 Å². The number of carbonyl (C=O) groups is 1. The number of piperazine rings is 1. The number of nitrogens with zero attached hydrogens (tertiary/aromatic N) is 3. The molecular formula is C23H25ClN4O2S. The highest BCUT2D eigenvalue weighted by Crippen LogP contribution is 2.27. The Labute approximate surface area is 191 Å². The van der Waals surface area contributed by atoms with Crippen LogP contribution in [-0.2, 0) is 0 Å². The van der Waals surface area contributed by atoms with Gasteiger partial charge >= 0.3 is 0 Å². The van der Waals surface area contributed by atoms with E-state index in [9.17, 15) is 4.79 Å². The highest BCUT2D eigenvalue weighted by atomic mass is 35.5. The van der Waals surface area contributed by atoms with Crippen LogP contribution in [0.2, 0.25) is 5.02 Å². The maximum absolute atomic E-state index is 12.9. The minimum Gasteiger partial charge on any atom is -0.494 e. The van der Waals surface area contributed by atoms with Gasteiger partial charge in [0.05, 0.1) is 6.61 Å². The summed E-state index contributed by atoms with van der Waals surface area (Å²) in [5.41, 5.74) is 3.71. The first-order chi connectivity index (χ1) is 15.0. The number of thiazole rings is 1. The first-order valence-electron chi connectivity index (χ1n) is 10.3. The van der Waals surface area contributed by atoms with E-state index >= 15 is 0 Å². The van der Waals surface area contributed by atoms with Gasteiger partial charge in [0.2, 0.25) is 0 Å². The van der Waals surface area contributed by atoms with Gasteiger partial charge in [-0.1, -0.05) is 17.7 Å². The zero-order valence-electron chi connectivity index (χ0n) is 17.6. The molecule has 0 spiro atoms. The van der Waals surface area contributed by atoms with Crippen molar-refractivity contribution in [2.75, 3.05) is 43.0 Å². The van der Waals surface area contributed by atoms with Gasteiger partial charge in [-0.3, -0.25) is 4.79 Å². The van der Waals surface area contributed by atoms with Gasteiger partial charge in [-0.25, -0.2) is 4.98 Å². The summed E-state index contributed by atoms with van der Waals surface area (Å²) in [6, 6.07) is 13.6. The van der Waals surface area contributed by atoms with Crippen LogP contribution in [0, 0.1) is 6.92 Å². The van der Waals surface area contributed by atoms with Crippen molar-refractivity contribution in [2.24, 2.45) is 0 Å². The first kappa shape index (κ1) is 21.5. The Morgan fingerprint density at radius 1 is 1.16 bits per heavy atom. The van der Waals surface area contributed by atoms with Gasteiger partial charge in [0.25, 0.3) is 5.91 Å². The number of aryl methyl sites for hydroxylation is 1. The number of nitrogens with one attached hydrogen (secondary N) is 1. The topological polar surface area (TPSA) is 57.7 Å². The van der Waals surface area contributed by atoms with E-state index in [0.717, 1.165) is 35.2 Å². The van der Waals surface area contributed by atoms with Crippen LogP contribution in [0.25, 0.3) is 0 Å². The summed E-state index contributed by atoms with van der Waals surface area (Å²) in [6.07, 6.45) is 0. The van der Waals surface area contributed by atoms with Gasteiger partial charge in [0.1, 0.15) is 11.4 Å². The van der Waals surface area contributed by atoms with Crippen molar-refractivity contribution in [3.63, 3.8) is 0 Å². The molecule has 1 fully saturated rings. The second-order valence-corrected chi connectivity index (χ2v) is 8.62. The van der Waals surface area contributed by atoms with Gasteiger partial charge in [-0.05, 0) is 55.8 Å². The third kappa shape index (κ3) is 5.11. The van der Waals surface area contributed by atoms with Crippen LogP contribution in [0.5, 0.6) is 5.75 Å². The minimum absolute atomic E-state index is 0.0292. The fourth-order valence-corrected chi connectivity index (χ4v) is 4.46. The molecular weight excluding hydrogens is 432 g/mol. The largest absolute Gasteiger partial charge is 0.494 e. The number of carbonyl (C=O) groups excluding carboxylic acids is 1. The Morgan fingerprint density at radius 2 is 1.90 bits per heavy atom. The summed E-state index contributed by atoms with van der Waals surface area (Å²) in [4.78, 5) is 21.6. The minimum atomic E-state index is -0.0292. The second kappa shape index (κ2) is 9.58. The summed E-state index contributed by atoms with van der Waals surface area (Å²) < 4.78 is 5.46. The van der Waals surface area contributed by atoms with Crippen LogP contribution in [0.3, 0.4) is 0 Å². The van der Waals surface area contributed by atoms with Gasteiger partial charge in [-0.2, -0.15) is 0 Å². The van der Waals surface area contributed by atoms with Crippen molar-refractivity contribution in [3.05, 3.63) is 64.1 Å². The molecule has 2 aromatic carbocycles. The first-order valence-corrected chi connectivity index (χ1v) is 11.5. The molecule has 0 atom stereocenters. The van der Waals surface area contributed by atoms with Crippen molar-refractivity contribution in [1.29, 1.82) is 0 Å². The summed E-state index contributed by atoms with van der Waals surface area (Å²) >= 11 is 7.59. The number of halogens is 1. The van der Waals surface area contributed by atoms with E-state index in [1.54, 1.807) is 0 Å². The maximum atomic E-state index is 12.9. The average molecular weight is 457 g/mol. The number of ether oxygens (including phenoxy) is 1. The second-order valence-electron chi connectivity index (χ2n) is 7.33. The fourth-order valence-electron chi connectivity index (χ4n) is 3.59. The molecule has 1 aromatic heterocycles. The number of hydrogen-bond acceptors (Lipinski definition) is 6. The Balaban J connectivity index is 1.35. The normalized spacial score (nSPS) is 13.9. The number of hydrogen-bond donors (Lipinski definition) is 1. The third-order valence-corrected chi connectivity index (χ3v) is 6.21. The van der Waals surface area contributed by atoms with E-state index in [1.807, 2.05) is 59.7 Å². The molecule has 8 heteroatoms. The van der Waals surface area contributed by atoms with Gasteiger partial charge in [0, 0.05) is 48.0 Å². The Kier molecular flexibility index (Phi) is 6.63. The lowest BCUT2D eigenvalue weighted by atomic mass is 10.1. The zero-order valence-corrected chi connectivity index (χ0v) is 19.2. The summed E-state index contributed by atoms with van der Waals surface area (Å²) in [6.45, 7) is 7.53. The number of aromatic nitrogens is 1. The lowest BCUT2D eigenvalue weighted by Crippen LogP contribution is -2.49. The van der Waals surface area contributed by atoms with E-state index < -0.39 is 0 Å². The zero-order chi connectivity index (χ0) is 21.8.